The summed E-state index contributed by atoms with van der Waals surface area (Å²) < 4.78 is 32.5. The highest BCUT2D eigenvalue weighted by Gasteiger charge is 2.43. The highest BCUT2D eigenvalue weighted by molar-refractivity contribution is 15.0. The number of hydrazine groups is 1. The lowest BCUT2D eigenvalue weighted by molar-refractivity contribution is -0.128. The molecule has 0 aliphatic heterocycles. The molecule has 0 aliphatic carbocycles. The third-order valence-electron chi connectivity index (χ3n) is 18.4. The lowest BCUT2D eigenvalue weighted by atomic mass is 9.91. The van der Waals surface area contributed by atoms with Crippen LogP contribution in [0.25, 0.3) is 21.1 Å². The number of benzene rings is 4. The number of nitrogens with zero attached hydrogens (tertiary/aromatic N) is 4. The Kier molecular flexibility index (Phi) is 28.5. The molecule has 0 aliphatic rings. The molecular formula is C66H98Cl2I2N6O7Si4. The maximum Gasteiger partial charge on any atom is 0.269 e. The second kappa shape index (κ2) is 31.8. The van der Waals surface area contributed by atoms with Crippen LogP contribution in [0.1, 0.15) is 152 Å². The normalized spacial score (nSPS) is 14.0. The minimum Gasteiger partial charge on any atom is -0.420 e. The van der Waals surface area contributed by atoms with Crippen molar-refractivity contribution in [2.45, 2.75) is 227 Å². The fourth-order valence-electron chi connectivity index (χ4n) is 8.12. The van der Waals surface area contributed by atoms with E-state index in [1.807, 2.05) is 57.2 Å². The summed E-state index contributed by atoms with van der Waals surface area (Å²) in [6, 6.07) is 22.6. The van der Waals surface area contributed by atoms with E-state index in [0.29, 0.717) is 64.8 Å². The van der Waals surface area contributed by atoms with Crippen LogP contribution in [-0.2, 0) is 48.6 Å². The molecule has 0 saturated carbocycles. The van der Waals surface area contributed by atoms with Crippen LogP contribution in [0.15, 0.2) is 77.2 Å². The van der Waals surface area contributed by atoms with Gasteiger partial charge in [-0.3, -0.25) is 20.4 Å². The van der Waals surface area contributed by atoms with Gasteiger partial charge in [0.1, 0.15) is 0 Å². The van der Waals surface area contributed by atoms with E-state index in [1.165, 1.54) is 0 Å². The van der Waals surface area contributed by atoms with Crippen LogP contribution >= 0.6 is 60.4 Å². The molecule has 0 bridgehead atoms. The van der Waals surface area contributed by atoms with Gasteiger partial charge in [-0.25, -0.2) is 9.69 Å². The number of aromatic nitrogens is 2. The second-order valence-corrected chi connectivity index (χ2v) is 48.6. The molecule has 0 saturated heterocycles. The van der Waals surface area contributed by atoms with Crippen LogP contribution in [0.3, 0.4) is 0 Å². The molecular weight excluding hydrogens is 1430 g/mol. The molecule has 0 fully saturated rings. The van der Waals surface area contributed by atoms with Gasteiger partial charge in [0.15, 0.2) is 33.3 Å². The fourth-order valence-corrected chi connectivity index (χ4v) is 13.4. The molecule has 0 unspecified atom stereocenters. The first-order valence-corrected chi connectivity index (χ1v) is 48.3. The zero-order valence-corrected chi connectivity index (χ0v) is 66.1. The second-order valence-electron chi connectivity index (χ2n) is 28.8. The number of amides is 2. The zero-order chi connectivity index (χ0) is 66.6. The molecule has 0 radical (unpaired) electrons. The maximum absolute atomic E-state index is 13.6. The summed E-state index contributed by atoms with van der Waals surface area (Å²) in [7, 11) is -8.01. The number of hydrogen-bond donors (Lipinski definition) is 2. The van der Waals surface area contributed by atoms with Gasteiger partial charge in [0.05, 0.1) is 60.4 Å². The number of carbonyl (C=O) groups excluding carboxylic acids is 2. The molecule has 87 heavy (non-hydrogen) atoms. The Labute approximate surface area is 560 Å². The third-order valence-corrected chi connectivity index (χ3v) is 37.5. The quantitative estimate of drug-likeness (QED) is 0.0337. The van der Waals surface area contributed by atoms with Gasteiger partial charge in [0, 0.05) is 48.4 Å². The van der Waals surface area contributed by atoms with E-state index >= 15 is 0 Å². The molecule has 13 nitrogen and oxygen atoms in total. The Balaban J connectivity index is 0.000000443. The van der Waals surface area contributed by atoms with Gasteiger partial charge >= 0.3 is 0 Å². The SMILES string of the molecule is II.[C-]#[N+]c1ccc(C[C@@H](C(=O)NNC(=O)c2ccc(CO[Si](C)(C)C(C)(C)C)cc2)[C@H](C)O[Si](C)(C)C(C)(C)C)c(C)c1Cl.[C-]#[N+]c1ccc(C[C@@H](c2nnc(-c3ccc(CO[Si](C)(C)C(C)(C)C)cc3)o2)[C@H](C)O[Si](C)(C)C(C)(C)C)c(C)c1Cl. The van der Waals surface area contributed by atoms with Gasteiger partial charge in [-0.05, 0) is 171 Å². The van der Waals surface area contributed by atoms with Crippen molar-refractivity contribution in [3.8, 4) is 11.5 Å². The Bertz CT molecular complexity index is 3190. The molecule has 4 atom stereocenters. The summed E-state index contributed by atoms with van der Waals surface area (Å²) in [6.07, 6.45) is 0.333. The molecule has 4 aromatic carbocycles. The first kappa shape index (κ1) is 77.9. The van der Waals surface area contributed by atoms with Crippen LogP contribution < -0.4 is 10.9 Å². The number of carbonyl (C=O) groups is 2. The number of nitrogens with one attached hydrogen (secondary N) is 2. The summed E-state index contributed by atoms with van der Waals surface area (Å²) in [4.78, 5) is 33.6. The van der Waals surface area contributed by atoms with Gasteiger partial charge in [0.25, 0.3) is 5.91 Å². The third kappa shape index (κ3) is 21.4. The summed E-state index contributed by atoms with van der Waals surface area (Å²) in [5.74, 6) is -0.564. The maximum atomic E-state index is 13.6. The molecule has 478 valence electrons. The van der Waals surface area contributed by atoms with Crippen molar-refractivity contribution in [3.05, 3.63) is 151 Å². The van der Waals surface area contributed by atoms with Gasteiger partial charge in [0.2, 0.25) is 29.1 Å². The van der Waals surface area contributed by atoms with Gasteiger partial charge in [-0.2, -0.15) is 0 Å². The standard InChI is InChI=1S/C33H50ClN3O4Si2.C33H48ClN3O3Si2.I2/c1-22-26(18-19-28(35-9)29(22)34)20-27(23(2)41-43(12,13)33(6,7)8)31(39)37-36-30(38)25-16-14-24(15-17-25)21-40-42(10,11)32(3,4)5;1-22-26(18-19-28(35-9)29(22)34)20-27(23(2)40-42(12,13)33(6,7)8)31-37-36-30(39-31)25-16-14-24(15-17-25)21-38-41(10,11)32(3,4)5;1-2/h14-19,23,27H,20-21H2,1-8,10-13H3,(H,36,38)(H,37,39);14-19,23,27H,20-21H2,1-8,10-13H3;/t2*23-,27+;/m00./s1. The van der Waals surface area contributed by atoms with Crippen molar-refractivity contribution in [1.29, 1.82) is 0 Å². The molecule has 1 heterocycles. The highest BCUT2D eigenvalue weighted by Crippen LogP contribution is 2.43. The molecule has 2 N–H and O–H groups in total. The highest BCUT2D eigenvalue weighted by atomic mass is 128. The first-order valence-electron chi connectivity index (χ1n) is 29.6. The van der Waals surface area contributed by atoms with E-state index in [4.69, 9.17) is 58.5 Å². The summed E-state index contributed by atoms with van der Waals surface area (Å²) in [5.41, 5.74) is 13.0. The average Bonchev–Trinajstić information content (AvgIpc) is 2.19. The van der Waals surface area contributed by atoms with Gasteiger partial charge in [-0.1, -0.05) is 155 Å². The minimum atomic E-state index is -2.21. The smallest absolute Gasteiger partial charge is 0.269 e. The van der Waals surface area contributed by atoms with Crippen molar-refractivity contribution in [1.82, 2.24) is 21.0 Å². The lowest BCUT2D eigenvalue weighted by Crippen LogP contribution is -2.51. The number of rotatable bonds is 20. The van der Waals surface area contributed by atoms with Crippen molar-refractivity contribution in [3.63, 3.8) is 0 Å². The van der Waals surface area contributed by atoms with Gasteiger partial charge in [-0.15, -0.1) is 10.2 Å². The zero-order valence-electron chi connectivity index (χ0n) is 56.2. The molecule has 21 heteroatoms. The van der Waals surface area contributed by atoms with E-state index in [0.717, 1.165) is 38.9 Å². The van der Waals surface area contributed by atoms with E-state index in [1.54, 1.807) is 24.3 Å². The van der Waals surface area contributed by atoms with E-state index in [-0.39, 0.29) is 38.1 Å². The summed E-state index contributed by atoms with van der Waals surface area (Å²) >= 11 is 17.2. The van der Waals surface area contributed by atoms with Crippen molar-refractivity contribution in [2.75, 3.05) is 0 Å². The number of hydrogen-bond acceptors (Lipinski definition) is 9. The first-order chi connectivity index (χ1) is 39.9. The Hall–Kier alpha value is -3.31. The fraction of sp³-hybridized carbons (Fsp3) is 0.545. The van der Waals surface area contributed by atoms with Crippen LogP contribution in [0.5, 0.6) is 0 Å². The van der Waals surface area contributed by atoms with Crippen LogP contribution in [0.2, 0.25) is 82.6 Å². The van der Waals surface area contributed by atoms with Crippen molar-refractivity contribution >= 4 is 117 Å². The monoisotopic (exact) mass is 1520 g/mol. The average molecular weight is 1520 g/mol. The summed E-state index contributed by atoms with van der Waals surface area (Å²) in [5, 5.41) is 10.1. The van der Waals surface area contributed by atoms with Gasteiger partial charge < -0.3 is 22.1 Å². The van der Waals surface area contributed by atoms with Crippen LogP contribution in [0, 0.1) is 32.9 Å². The Morgan fingerprint density at radius 3 is 1.37 bits per heavy atom. The minimum absolute atomic E-state index is 0.0467. The predicted octanol–water partition coefficient (Wildman–Crippen LogP) is 21.0. The topological polar surface area (TPSA) is 143 Å². The molecule has 5 aromatic rings. The molecule has 5 rings (SSSR count). The molecule has 2 amide bonds. The largest absolute Gasteiger partial charge is 0.420 e. The predicted molar refractivity (Wildman–Crippen MR) is 388 cm³/mol. The summed E-state index contributed by atoms with van der Waals surface area (Å²) in [6.45, 7) is 67.9. The van der Waals surface area contributed by atoms with Crippen molar-refractivity contribution < 1.29 is 31.7 Å². The van der Waals surface area contributed by atoms with E-state index in [2.05, 4.69) is 222 Å². The van der Waals surface area contributed by atoms with E-state index < -0.39 is 51.2 Å². The molecule has 1 aromatic heterocycles. The molecule has 0 spiro atoms. The van der Waals surface area contributed by atoms with Crippen LogP contribution in [-0.4, -0.2) is 67.5 Å². The van der Waals surface area contributed by atoms with E-state index in [9.17, 15) is 9.59 Å². The Morgan fingerprint density at radius 1 is 0.575 bits per heavy atom. The number of halogens is 4. The lowest BCUT2D eigenvalue weighted by Gasteiger charge is -2.40. The Morgan fingerprint density at radius 2 is 0.966 bits per heavy atom. The van der Waals surface area contributed by atoms with Crippen LogP contribution in [0.4, 0.5) is 11.4 Å². The van der Waals surface area contributed by atoms with Crippen molar-refractivity contribution in [2.24, 2.45) is 5.92 Å².